The Balaban J connectivity index is 1.80. The summed E-state index contributed by atoms with van der Waals surface area (Å²) < 4.78 is 5.22. The van der Waals surface area contributed by atoms with Gasteiger partial charge in [-0.2, -0.15) is 0 Å². The minimum absolute atomic E-state index is 0.0383. The Morgan fingerprint density at radius 1 is 1.33 bits per heavy atom. The van der Waals surface area contributed by atoms with Crippen LogP contribution in [0.2, 0.25) is 0 Å². The molecule has 0 spiro atoms. The van der Waals surface area contributed by atoms with Crippen LogP contribution in [-0.4, -0.2) is 46.4 Å². The van der Waals surface area contributed by atoms with Crippen molar-refractivity contribution in [3.8, 4) is 0 Å². The fourth-order valence-corrected chi connectivity index (χ4v) is 3.71. The second kappa shape index (κ2) is 6.59. The summed E-state index contributed by atoms with van der Waals surface area (Å²) in [7, 11) is 0. The van der Waals surface area contributed by atoms with Crippen LogP contribution < -0.4 is 5.56 Å². The normalized spacial score (nSPS) is 28.5. The van der Waals surface area contributed by atoms with E-state index in [0.29, 0.717) is 19.7 Å². The van der Waals surface area contributed by atoms with Gasteiger partial charge in [0.2, 0.25) is 0 Å². The van der Waals surface area contributed by atoms with Gasteiger partial charge in [0.1, 0.15) is 5.69 Å². The van der Waals surface area contributed by atoms with Gasteiger partial charge in [0.05, 0.1) is 24.9 Å². The molecule has 0 aromatic carbocycles. The quantitative estimate of drug-likeness (QED) is 0.654. The Morgan fingerprint density at radius 2 is 2.12 bits per heavy atom. The fraction of sp³-hybridized carbons (Fsp3) is 0.529. The molecule has 128 valence electrons. The highest BCUT2D eigenvalue weighted by Gasteiger charge is 2.46. The minimum Gasteiger partial charge on any atom is -0.466 e. The lowest BCUT2D eigenvalue weighted by molar-refractivity contribution is -0.152. The predicted octanol–water partition coefficient (Wildman–Crippen LogP) is 0.843. The first-order valence-corrected chi connectivity index (χ1v) is 8.19. The Bertz CT molecular complexity index is 727. The average Bonchev–Trinajstić information content (AvgIpc) is 2.98. The molecular weight excluding hydrogens is 310 g/mol. The molecular formula is C17H21N3O4. The standard InChI is InChI=1S/C17H21N3O4/c1-3-24-17(23)15-10(2)4-5-11-8-20(9-12(11)15)16(22)13-6-18-7-14(21)19-13/h4-7,10-12,15H,3,8-9H2,1-2H3,(H,19,21)/t10-,11-,12-,15-/m0/s1. The molecule has 1 amide bonds. The Labute approximate surface area is 139 Å². The Hall–Kier alpha value is -2.44. The average molecular weight is 331 g/mol. The number of likely N-dealkylation sites (tertiary alicyclic amines) is 1. The van der Waals surface area contributed by atoms with Crippen molar-refractivity contribution < 1.29 is 14.3 Å². The highest BCUT2D eigenvalue weighted by molar-refractivity contribution is 5.92. The van der Waals surface area contributed by atoms with Gasteiger partial charge in [-0.05, 0) is 24.7 Å². The van der Waals surface area contributed by atoms with E-state index in [0.717, 1.165) is 6.20 Å². The van der Waals surface area contributed by atoms with E-state index in [1.807, 2.05) is 13.0 Å². The number of amides is 1. The molecule has 2 aliphatic rings. The zero-order valence-corrected chi connectivity index (χ0v) is 13.8. The first kappa shape index (κ1) is 16.4. The molecule has 0 unspecified atom stereocenters. The summed E-state index contributed by atoms with van der Waals surface area (Å²) in [4.78, 5) is 44.2. The molecule has 2 heterocycles. The largest absolute Gasteiger partial charge is 0.466 e. The van der Waals surface area contributed by atoms with E-state index in [9.17, 15) is 14.4 Å². The topological polar surface area (TPSA) is 92.4 Å². The highest BCUT2D eigenvalue weighted by atomic mass is 16.5. The summed E-state index contributed by atoms with van der Waals surface area (Å²) in [5.74, 6) is -0.463. The van der Waals surface area contributed by atoms with E-state index in [-0.39, 0.29) is 41.2 Å². The van der Waals surface area contributed by atoms with Crippen LogP contribution >= 0.6 is 0 Å². The summed E-state index contributed by atoms with van der Waals surface area (Å²) in [5, 5.41) is 0. The van der Waals surface area contributed by atoms with Crippen molar-refractivity contribution >= 4 is 11.9 Å². The van der Waals surface area contributed by atoms with Crippen molar-refractivity contribution in [1.29, 1.82) is 0 Å². The molecule has 4 atom stereocenters. The number of fused-ring (bicyclic) bond motifs is 1. The van der Waals surface area contributed by atoms with Gasteiger partial charge in [-0.3, -0.25) is 19.4 Å². The molecule has 1 saturated heterocycles. The van der Waals surface area contributed by atoms with E-state index in [2.05, 4.69) is 16.0 Å². The fourth-order valence-electron chi connectivity index (χ4n) is 3.71. The number of carbonyl (C=O) groups is 2. The second-order valence-electron chi connectivity index (χ2n) is 6.37. The van der Waals surface area contributed by atoms with Crippen LogP contribution in [0.4, 0.5) is 0 Å². The molecule has 1 aliphatic heterocycles. The van der Waals surface area contributed by atoms with Crippen LogP contribution in [0.1, 0.15) is 24.3 Å². The Kier molecular flexibility index (Phi) is 4.51. The minimum atomic E-state index is -0.407. The number of rotatable bonds is 3. The molecule has 0 radical (unpaired) electrons. The lowest BCUT2D eigenvalue weighted by Gasteiger charge is -2.31. The van der Waals surface area contributed by atoms with Crippen LogP contribution in [0.3, 0.4) is 0 Å². The van der Waals surface area contributed by atoms with Gasteiger partial charge in [-0.25, -0.2) is 0 Å². The van der Waals surface area contributed by atoms with Crippen molar-refractivity contribution in [2.24, 2.45) is 23.7 Å². The number of carbonyl (C=O) groups excluding carboxylic acids is 2. The molecule has 7 heteroatoms. The number of hydrogen-bond donors (Lipinski definition) is 1. The summed E-state index contributed by atoms with van der Waals surface area (Å²) >= 11 is 0. The molecule has 0 bridgehead atoms. The lowest BCUT2D eigenvalue weighted by atomic mass is 9.72. The van der Waals surface area contributed by atoms with E-state index in [1.165, 1.54) is 6.20 Å². The van der Waals surface area contributed by atoms with Crippen molar-refractivity contribution in [2.75, 3.05) is 19.7 Å². The van der Waals surface area contributed by atoms with Gasteiger partial charge in [0.15, 0.2) is 0 Å². The van der Waals surface area contributed by atoms with Crippen LogP contribution in [0.25, 0.3) is 0 Å². The third kappa shape index (κ3) is 2.98. The number of hydrogen-bond acceptors (Lipinski definition) is 5. The third-order valence-corrected chi connectivity index (χ3v) is 4.83. The molecule has 1 aromatic heterocycles. The molecule has 1 N–H and O–H groups in total. The second-order valence-corrected chi connectivity index (χ2v) is 6.37. The predicted molar refractivity (Wildman–Crippen MR) is 86.2 cm³/mol. The number of nitrogens with one attached hydrogen (secondary N) is 1. The SMILES string of the molecule is CCOC(=O)[C@@H]1[C@H]2CN(C(=O)c3cncc(=O)[nH]3)C[C@@H]2C=C[C@@H]1C. The molecule has 0 saturated carbocycles. The zero-order valence-electron chi connectivity index (χ0n) is 13.8. The maximum Gasteiger partial charge on any atom is 0.309 e. The van der Waals surface area contributed by atoms with E-state index < -0.39 is 5.56 Å². The van der Waals surface area contributed by atoms with Crippen molar-refractivity contribution in [3.63, 3.8) is 0 Å². The van der Waals surface area contributed by atoms with Gasteiger partial charge in [0.25, 0.3) is 11.5 Å². The van der Waals surface area contributed by atoms with E-state index in [4.69, 9.17) is 4.74 Å². The van der Waals surface area contributed by atoms with Crippen LogP contribution in [-0.2, 0) is 9.53 Å². The van der Waals surface area contributed by atoms with Gasteiger partial charge >= 0.3 is 5.97 Å². The summed E-state index contributed by atoms with van der Waals surface area (Å²) in [6.45, 7) is 5.14. The molecule has 1 aliphatic carbocycles. The maximum absolute atomic E-state index is 12.6. The van der Waals surface area contributed by atoms with Crippen molar-refractivity contribution in [3.05, 3.63) is 40.6 Å². The van der Waals surface area contributed by atoms with E-state index >= 15 is 0 Å². The number of nitrogens with zero attached hydrogens (tertiary/aromatic N) is 2. The van der Waals surface area contributed by atoms with Crippen molar-refractivity contribution in [1.82, 2.24) is 14.9 Å². The molecule has 7 nitrogen and oxygen atoms in total. The first-order valence-electron chi connectivity index (χ1n) is 8.19. The number of esters is 1. The van der Waals surface area contributed by atoms with Crippen molar-refractivity contribution in [2.45, 2.75) is 13.8 Å². The maximum atomic E-state index is 12.6. The van der Waals surface area contributed by atoms with Crippen LogP contribution in [0, 0.1) is 23.7 Å². The lowest BCUT2D eigenvalue weighted by Crippen LogP contribution is -2.37. The zero-order chi connectivity index (χ0) is 17.3. The van der Waals surface area contributed by atoms with Gasteiger partial charge in [-0.1, -0.05) is 19.1 Å². The van der Waals surface area contributed by atoms with Crippen LogP contribution in [0.5, 0.6) is 0 Å². The van der Waals surface area contributed by atoms with Crippen LogP contribution in [0.15, 0.2) is 29.3 Å². The highest BCUT2D eigenvalue weighted by Crippen LogP contribution is 2.40. The monoisotopic (exact) mass is 331 g/mol. The van der Waals surface area contributed by atoms with Gasteiger partial charge in [-0.15, -0.1) is 0 Å². The third-order valence-electron chi connectivity index (χ3n) is 4.83. The van der Waals surface area contributed by atoms with Gasteiger partial charge < -0.3 is 14.6 Å². The first-order chi connectivity index (χ1) is 11.5. The number of H-pyrrole nitrogens is 1. The van der Waals surface area contributed by atoms with Gasteiger partial charge in [0, 0.05) is 13.1 Å². The van der Waals surface area contributed by atoms with E-state index in [1.54, 1.807) is 11.8 Å². The molecule has 1 fully saturated rings. The smallest absolute Gasteiger partial charge is 0.309 e. The summed E-state index contributed by atoms with van der Waals surface area (Å²) in [5.41, 5.74) is -0.235. The number of aromatic nitrogens is 2. The number of ether oxygens (including phenoxy) is 1. The Morgan fingerprint density at radius 3 is 2.83 bits per heavy atom. The molecule has 3 rings (SSSR count). The molecule has 1 aromatic rings. The summed E-state index contributed by atoms with van der Waals surface area (Å²) in [6.07, 6.45) is 6.60. The summed E-state index contributed by atoms with van der Waals surface area (Å²) in [6, 6.07) is 0. The number of aromatic amines is 1. The molecule has 24 heavy (non-hydrogen) atoms. The number of allylic oxidation sites excluding steroid dienone is 1.